The van der Waals surface area contributed by atoms with Crippen molar-refractivity contribution in [2.24, 2.45) is 0 Å². The van der Waals surface area contributed by atoms with Gasteiger partial charge < -0.3 is 10.6 Å². The quantitative estimate of drug-likeness (QED) is 0.905. The lowest BCUT2D eigenvalue weighted by atomic mass is 10.1. The molecule has 0 saturated heterocycles. The number of anilines is 1. The fourth-order valence-corrected chi connectivity index (χ4v) is 1.74. The molecule has 1 amide bonds. The number of nitrogens with zero attached hydrogens (tertiary/aromatic N) is 1. The summed E-state index contributed by atoms with van der Waals surface area (Å²) in [6.45, 7) is -1.60. The average molecular weight is 283 g/mol. The molecule has 2 aromatic rings. The van der Waals surface area contributed by atoms with Crippen molar-refractivity contribution in [3.05, 3.63) is 36.7 Å². The van der Waals surface area contributed by atoms with Crippen LogP contribution in [0.15, 0.2) is 36.7 Å². The molecule has 0 atom stereocenters. The normalized spacial score (nSPS) is 11.6. The van der Waals surface area contributed by atoms with Crippen LogP contribution in [0.4, 0.5) is 18.9 Å². The first-order valence-electron chi connectivity index (χ1n) is 5.86. The van der Waals surface area contributed by atoms with Gasteiger partial charge in [0.15, 0.2) is 0 Å². The number of fused-ring (bicyclic) bond motifs is 1. The molecule has 1 aromatic heterocycles. The van der Waals surface area contributed by atoms with Crippen LogP contribution in [0.3, 0.4) is 0 Å². The first-order chi connectivity index (χ1) is 9.46. The molecule has 7 heteroatoms. The fourth-order valence-electron chi connectivity index (χ4n) is 1.74. The number of benzene rings is 1. The minimum absolute atomic E-state index is 0.402. The van der Waals surface area contributed by atoms with Gasteiger partial charge in [-0.25, -0.2) is 0 Å². The predicted molar refractivity (Wildman–Crippen MR) is 69.3 cm³/mol. The van der Waals surface area contributed by atoms with E-state index in [-0.39, 0.29) is 0 Å². The summed E-state index contributed by atoms with van der Waals surface area (Å²) in [5.74, 6) is -0.529. The second-order valence-electron chi connectivity index (χ2n) is 4.17. The van der Waals surface area contributed by atoms with Gasteiger partial charge in [0.25, 0.3) is 0 Å². The number of amides is 1. The lowest BCUT2D eigenvalue weighted by molar-refractivity contribution is -0.126. The molecule has 0 aliphatic heterocycles. The standard InChI is InChI=1S/C13H12F3N3O/c14-13(15,16)8-18-7-12(20)19-11-3-1-2-9-6-17-5-4-10(9)11/h1-6,18H,7-8H2,(H,19,20). The van der Waals surface area contributed by atoms with E-state index in [0.717, 1.165) is 10.8 Å². The molecule has 1 aromatic carbocycles. The van der Waals surface area contributed by atoms with E-state index in [1.54, 1.807) is 30.6 Å². The van der Waals surface area contributed by atoms with Crippen molar-refractivity contribution < 1.29 is 18.0 Å². The van der Waals surface area contributed by atoms with Gasteiger partial charge in [-0.3, -0.25) is 9.78 Å². The van der Waals surface area contributed by atoms with E-state index in [1.165, 1.54) is 0 Å². The van der Waals surface area contributed by atoms with Crippen LogP contribution >= 0.6 is 0 Å². The molecule has 0 radical (unpaired) electrons. The summed E-state index contributed by atoms with van der Waals surface area (Å²) in [5, 5.41) is 6.24. The first-order valence-corrected chi connectivity index (χ1v) is 5.86. The number of hydrogen-bond donors (Lipinski definition) is 2. The maximum atomic E-state index is 11.9. The summed E-state index contributed by atoms with van der Waals surface area (Å²) >= 11 is 0. The summed E-state index contributed by atoms with van der Waals surface area (Å²) in [6.07, 6.45) is -1.10. The number of carbonyl (C=O) groups excluding carboxylic acids is 1. The van der Waals surface area contributed by atoms with Crippen molar-refractivity contribution >= 4 is 22.4 Å². The van der Waals surface area contributed by atoms with Crippen molar-refractivity contribution in [3.8, 4) is 0 Å². The third kappa shape index (κ3) is 3.92. The Morgan fingerprint density at radius 3 is 2.80 bits per heavy atom. The highest BCUT2D eigenvalue weighted by Gasteiger charge is 2.26. The molecule has 0 aliphatic rings. The average Bonchev–Trinajstić information content (AvgIpc) is 2.37. The smallest absolute Gasteiger partial charge is 0.324 e. The molecule has 2 N–H and O–H groups in total. The monoisotopic (exact) mass is 283 g/mol. The molecular formula is C13H12F3N3O. The fraction of sp³-hybridized carbons (Fsp3) is 0.231. The van der Waals surface area contributed by atoms with Crippen LogP contribution in [0.5, 0.6) is 0 Å². The van der Waals surface area contributed by atoms with Crippen molar-refractivity contribution in [3.63, 3.8) is 0 Å². The highest BCUT2D eigenvalue weighted by Crippen LogP contribution is 2.21. The van der Waals surface area contributed by atoms with E-state index in [4.69, 9.17) is 0 Å². The predicted octanol–water partition coefficient (Wildman–Crippen LogP) is 2.33. The van der Waals surface area contributed by atoms with E-state index >= 15 is 0 Å². The number of aromatic nitrogens is 1. The van der Waals surface area contributed by atoms with E-state index < -0.39 is 25.2 Å². The van der Waals surface area contributed by atoms with Crippen LogP contribution in [0.2, 0.25) is 0 Å². The summed E-state index contributed by atoms with van der Waals surface area (Å²) in [7, 11) is 0. The Morgan fingerprint density at radius 2 is 2.05 bits per heavy atom. The zero-order valence-electron chi connectivity index (χ0n) is 10.4. The number of pyridine rings is 1. The topological polar surface area (TPSA) is 54.0 Å². The molecule has 2 rings (SSSR count). The van der Waals surface area contributed by atoms with Crippen molar-refractivity contribution in [1.82, 2.24) is 10.3 Å². The zero-order chi connectivity index (χ0) is 14.6. The lowest BCUT2D eigenvalue weighted by Gasteiger charge is -2.10. The van der Waals surface area contributed by atoms with Gasteiger partial charge in [0.2, 0.25) is 5.91 Å². The van der Waals surface area contributed by atoms with Crippen molar-refractivity contribution in [2.75, 3.05) is 18.4 Å². The number of rotatable bonds is 4. The maximum Gasteiger partial charge on any atom is 0.401 e. The second-order valence-corrected chi connectivity index (χ2v) is 4.17. The van der Waals surface area contributed by atoms with Gasteiger partial charge >= 0.3 is 6.18 Å². The summed E-state index contributed by atoms with van der Waals surface area (Å²) in [4.78, 5) is 15.5. The molecular weight excluding hydrogens is 271 g/mol. The van der Waals surface area contributed by atoms with Gasteiger partial charge in [-0.15, -0.1) is 0 Å². The Kier molecular flexibility index (Phi) is 4.19. The molecule has 1 heterocycles. The SMILES string of the molecule is O=C(CNCC(F)(F)F)Nc1cccc2cnccc12. The number of nitrogens with one attached hydrogen (secondary N) is 2. The molecule has 0 bridgehead atoms. The molecule has 106 valence electrons. The minimum atomic E-state index is -4.33. The maximum absolute atomic E-state index is 11.9. The van der Waals surface area contributed by atoms with Crippen LogP contribution in [0.25, 0.3) is 10.8 Å². The Bertz CT molecular complexity index is 608. The Labute approximate surface area is 113 Å². The Balaban J connectivity index is 2.00. The Morgan fingerprint density at radius 1 is 1.25 bits per heavy atom. The van der Waals surface area contributed by atoms with E-state index in [9.17, 15) is 18.0 Å². The van der Waals surface area contributed by atoms with Crippen molar-refractivity contribution in [1.29, 1.82) is 0 Å². The van der Waals surface area contributed by atoms with Gasteiger partial charge in [0.05, 0.1) is 13.1 Å². The number of alkyl halides is 3. The van der Waals surface area contributed by atoms with Crippen LogP contribution in [-0.2, 0) is 4.79 Å². The third-order valence-corrected chi connectivity index (χ3v) is 2.57. The van der Waals surface area contributed by atoms with Crippen LogP contribution in [-0.4, -0.2) is 30.2 Å². The molecule has 0 aliphatic carbocycles. The molecule has 0 saturated carbocycles. The van der Waals surface area contributed by atoms with Gasteiger partial charge in [-0.05, 0) is 12.1 Å². The molecule has 0 fully saturated rings. The van der Waals surface area contributed by atoms with Crippen LogP contribution in [0.1, 0.15) is 0 Å². The van der Waals surface area contributed by atoms with E-state index in [1.807, 2.05) is 11.4 Å². The molecule has 0 unspecified atom stereocenters. The summed E-state index contributed by atoms with van der Waals surface area (Å²) < 4.78 is 35.8. The van der Waals surface area contributed by atoms with Gasteiger partial charge in [0.1, 0.15) is 0 Å². The largest absolute Gasteiger partial charge is 0.401 e. The van der Waals surface area contributed by atoms with Crippen molar-refractivity contribution in [2.45, 2.75) is 6.18 Å². The third-order valence-electron chi connectivity index (χ3n) is 2.57. The molecule has 20 heavy (non-hydrogen) atoms. The number of halogens is 3. The lowest BCUT2D eigenvalue weighted by Crippen LogP contribution is -2.35. The van der Waals surface area contributed by atoms with E-state index in [0.29, 0.717) is 5.69 Å². The van der Waals surface area contributed by atoms with Gasteiger partial charge in [-0.1, -0.05) is 12.1 Å². The molecule has 4 nitrogen and oxygen atoms in total. The van der Waals surface area contributed by atoms with Crippen LogP contribution in [0, 0.1) is 0 Å². The zero-order valence-corrected chi connectivity index (χ0v) is 10.4. The molecule has 0 spiro atoms. The summed E-state index contributed by atoms with van der Waals surface area (Å²) in [5.41, 5.74) is 0.545. The van der Waals surface area contributed by atoms with Gasteiger partial charge in [0, 0.05) is 28.9 Å². The first kappa shape index (κ1) is 14.3. The second kappa shape index (κ2) is 5.87. The number of hydrogen-bond acceptors (Lipinski definition) is 3. The highest BCUT2D eigenvalue weighted by atomic mass is 19.4. The van der Waals surface area contributed by atoms with E-state index in [2.05, 4.69) is 10.3 Å². The Hall–Kier alpha value is -2.15. The minimum Gasteiger partial charge on any atom is -0.324 e. The number of carbonyl (C=O) groups is 1. The highest BCUT2D eigenvalue weighted by molar-refractivity contribution is 6.02. The summed E-state index contributed by atoms with van der Waals surface area (Å²) in [6, 6.07) is 6.99. The van der Waals surface area contributed by atoms with Crippen LogP contribution < -0.4 is 10.6 Å². The van der Waals surface area contributed by atoms with Gasteiger partial charge in [-0.2, -0.15) is 13.2 Å².